The van der Waals surface area contributed by atoms with Crippen LogP contribution in [-0.2, 0) is 9.53 Å². The Balaban J connectivity index is 2.65. The van der Waals surface area contributed by atoms with Gasteiger partial charge in [0.1, 0.15) is 5.60 Å². The molecule has 18 heavy (non-hydrogen) atoms. The summed E-state index contributed by atoms with van der Waals surface area (Å²) in [5.41, 5.74) is -0.264. The predicted molar refractivity (Wildman–Crippen MR) is 75.4 cm³/mol. The molecule has 0 N–H and O–H groups in total. The van der Waals surface area contributed by atoms with E-state index in [0.29, 0.717) is 5.92 Å². The highest BCUT2D eigenvalue weighted by atomic mass is 16.6. The SMILES string of the molecule is CCC1CC(CC)C(C(=O)OC(C)(CC)CC)C1. The first kappa shape index (κ1) is 15.5. The fourth-order valence-electron chi connectivity index (χ4n) is 3.03. The highest BCUT2D eigenvalue weighted by molar-refractivity contribution is 5.73. The largest absolute Gasteiger partial charge is 0.459 e. The number of hydrogen-bond acceptors (Lipinski definition) is 2. The Morgan fingerprint density at radius 2 is 1.72 bits per heavy atom. The zero-order valence-electron chi connectivity index (χ0n) is 12.8. The van der Waals surface area contributed by atoms with Crippen molar-refractivity contribution in [2.45, 2.75) is 78.7 Å². The van der Waals surface area contributed by atoms with Crippen molar-refractivity contribution in [2.75, 3.05) is 0 Å². The van der Waals surface area contributed by atoms with Crippen molar-refractivity contribution in [3.63, 3.8) is 0 Å². The Hall–Kier alpha value is -0.530. The van der Waals surface area contributed by atoms with Gasteiger partial charge in [-0.1, -0.05) is 40.5 Å². The number of esters is 1. The van der Waals surface area contributed by atoms with Gasteiger partial charge in [-0.25, -0.2) is 0 Å². The molecule has 0 heterocycles. The highest BCUT2D eigenvalue weighted by Gasteiger charge is 2.39. The normalized spacial score (nSPS) is 28.4. The number of carbonyl (C=O) groups is 1. The summed E-state index contributed by atoms with van der Waals surface area (Å²) in [7, 11) is 0. The van der Waals surface area contributed by atoms with Crippen molar-refractivity contribution in [1.82, 2.24) is 0 Å². The van der Waals surface area contributed by atoms with Gasteiger partial charge in [0.15, 0.2) is 0 Å². The molecule has 1 rings (SSSR count). The van der Waals surface area contributed by atoms with Gasteiger partial charge in [-0.05, 0) is 44.4 Å². The molecule has 106 valence electrons. The van der Waals surface area contributed by atoms with Crippen molar-refractivity contribution in [2.24, 2.45) is 17.8 Å². The van der Waals surface area contributed by atoms with Gasteiger partial charge in [0, 0.05) is 0 Å². The van der Waals surface area contributed by atoms with Crippen molar-refractivity contribution >= 4 is 5.97 Å². The molecule has 1 aliphatic carbocycles. The van der Waals surface area contributed by atoms with Crippen LogP contribution in [0.15, 0.2) is 0 Å². The summed E-state index contributed by atoms with van der Waals surface area (Å²) in [6.07, 6.45) is 6.34. The van der Waals surface area contributed by atoms with Crippen molar-refractivity contribution in [3.8, 4) is 0 Å². The van der Waals surface area contributed by atoms with Gasteiger partial charge < -0.3 is 4.74 Å². The van der Waals surface area contributed by atoms with Crippen LogP contribution in [0.4, 0.5) is 0 Å². The number of hydrogen-bond donors (Lipinski definition) is 0. The second-order valence-electron chi connectivity index (χ2n) is 6.10. The van der Waals surface area contributed by atoms with Gasteiger partial charge in [0.2, 0.25) is 0 Å². The third-order valence-electron chi connectivity index (χ3n) is 5.04. The summed E-state index contributed by atoms with van der Waals surface area (Å²) in [5.74, 6) is 1.48. The minimum absolute atomic E-state index is 0.0593. The summed E-state index contributed by atoms with van der Waals surface area (Å²) >= 11 is 0. The van der Waals surface area contributed by atoms with E-state index >= 15 is 0 Å². The van der Waals surface area contributed by atoms with Crippen molar-refractivity contribution in [1.29, 1.82) is 0 Å². The van der Waals surface area contributed by atoms with E-state index in [1.54, 1.807) is 0 Å². The second-order valence-corrected chi connectivity index (χ2v) is 6.10. The Labute approximate surface area is 112 Å². The van der Waals surface area contributed by atoms with E-state index in [-0.39, 0.29) is 17.5 Å². The molecule has 0 amide bonds. The second kappa shape index (κ2) is 6.58. The van der Waals surface area contributed by atoms with Crippen LogP contribution in [0.2, 0.25) is 0 Å². The summed E-state index contributed by atoms with van der Waals surface area (Å²) in [6, 6.07) is 0. The Morgan fingerprint density at radius 1 is 1.11 bits per heavy atom. The van der Waals surface area contributed by atoms with E-state index in [9.17, 15) is 4.79 Å². The monoisotopic (exact) mass is 254 g/mol. The molecule has 1 fully saturated rings. The van der Waals surface area contributed by atoms with E-state index in [2.05, 4.69) is 34.6 Å². The van der Waals surface area contributed by atoms with Crippen LogP contribution in [0.3, 0.4) is 0 Å². The number of rotatable bonds is 6. The van der Waals surface area contributed by atoms with Gasteiger partial charge in [-0.15, -0.1) is 0 Å². The third-order valence-corrected chi connectivity index (χ3v) is 5.04. The molecule has 2 nitrogen and oxygen atoms in total. The highest BCUT2D eigenvalue weighted by Crippen LogP contribution is 2.41. The lowest BCUT2D eigenvalue weighted by Gasteiger charge is -2.29. The molecule has 2 heteroatoms. The molecule has 0 saturated heterocycles. The average molecular weight is 254 g/mol. The van der Waals surface area contributed by atoms with E-state index in [1.807, 2.05) is 0 Å². The summed E-state index contributed by atoms with van der Waals surface area (Å²) in [5, 5.41) is 0. The first-order valence-corrected chi connectivity index (χ1v) is 7.72. The standard InChI is InChI=1S/C16H30O2/c1-6-12-10-13(7-2)14(11-12)15(17)18-16(5,8-3)9-4/h12-14H,6-11H2,1-5H3. The molecule has 0 aromatic heterocycles. The molecule has 0 spiro atoms. The zero-order chi connectivity index (χ0) is 13.8. The van der Waals surface area contributed by atoms with Crippen LogP contribution in [-0.4, -0.2) is 11.6 Å². The van der Waals surface area contributed by atoms with Gasteiger partial charge in [0.05, 0.1) is 5.92 Å². The van der Waals surface area contributed by atoms with Crippen LogP contribution in [0, 0.1) is 17.8 Å². The summed E-state index contributed by atoms with van der Waals surface area (Å²) in [6.45, 7) is 10.7. The molecule has 0 aliphatic heterocycles. The molecule has 0 bridgehead atoms. The van der Waals surface area contributed by atoms with Gasteiger partial charge in [-0.2, -0.15) is 0 Å². The van der Waals surface area contributed by atoms with Crippen molar-refractivity contribution < 1.29 is 9.53 Å². The van der Waals surface area contributed by atoms with Crippen LogP contribution in [0.25, 0.3) is 0 Å². The molecular weight excluding hydrogens is 224 g/mol. The smallest absolute Gasteiger partial charge is 0.309 e. The van der Waals surface area contributed by atoms with E-state index in [4.69, 9.17) is 4.74 Å². The maximum absolute atomic E-state index is 12.4. The third kappa shape index (κ3) is 3.49. The van der Waals surface area contributed by atoms with Crippen molar-refractivity contribution in [3.05, 3.63) is 0 Å². The van der Waals surface area contributed by atoms with Gasteiger partial charge in [-0.3, -0.25) is 4.79 Å². The first-order valence-electron chi connectivity index (χ1n) is 7.72. The Bertz CT molecular complexity index is 268. The quantitative estimate of drug-likeness (QED) is 0.649. The Morgan fingerprint density at radius 3 is 2.17 bits per heavy atom. The fraction of sp³-hybridized carbons (Fsp3) is 0.938. The molecule has 3 atom stereocenters. The topological polar surface area (TPSA) is 26.3 Å². The molecule has 1 saturated carbocycles. The number of carbonyl (C=O) groups excluding carboxylic acids is 1. The maximum atomic E-state index is 12.4. The summed E-state index contributed by atoms with van der Waals surface area (Å²) in [4.78, 5) is 12.4. The number of ether oxygens (including phenoxy) is 1. The van der Waals surface area contributed by atoms with Crippen LogP contribution in [0.1, 0.15) is 73.1 Å². The van der Waals surface area contributed by atoms with E-state index in [1.165, 1.54) is 12.8 Å². The first-order chi connectivity index (χ1) is 8.49. The molecule has 1 aliphatic rings. The van der Waals surface area contributed by atoms with Gasteiger partial charge >= 0.3 is 5.97 Å². The van der Waals surface area contributed by atoms with Crippen LogP contribution >= 0.6 is 0 Å². The minimum atomic E-state index is -0.264. The van der Waals surface area contributed by atoms with E-state index < -0.39 is 0 Å². The van der Waals surface area contributed by atoms with Crippen LogP contribution in [0.5, 0.6) is 0 Å². The lowest BCUT2D eigenvalue weighted by Crippen LogP contribution is -2.34. The van der Waals surface area contributed by atoms with E-state index in [0.717, 1.165) is 31.6 Å². The fourth-order valence-corrected chi connectivity index (χ4v) is 3.03. The van der Waals surface area contributed by atoms with Gasteiger partial charge in [0.25, 0.3) is 0 Å². The summed E-state index contributed by atoms with van der Waals surface area (Å²) < 4.78 is 5.81. The molecule has 0 radical (unpaired) electrons. The predicted octanol–water partition coefficient (Wildman–Crippen LogP) is 4.57. The molecular formula is C16H30O2. The lowest BCUT2D eigenvalue weighted by atomic mass is 9.93. The molecule has 0 aromatic rings. The Kier molecular flexibility index (Phi) is 5.68. The van der Waals surface area contributed by atoms with Crippen LogP contribution < -0.4 is 0 Å². The lowest BCUT2D eigenvalue weighted by molar-refractivity contribution is -0.165. The molecule has 0 aromatic carbocycles. The zero-order valence-corrected chi connectivity index (χ0v) is 12.8. The minimum Gasteiger partial charge on any atom is -0.459 e. The maximum Gasteiger partial charge on any atom is 0.309 e. The average Bonchev–Trinajstić information content (AvgIpc) is 2.81. The molecule has 3 unspecified atom stereocenters.